The van der Waals surface area contributed by atoms with Gasteiger partial charge in [0.25, 0.3) is 0 Å². The molecule has 0 fully saturated rings. The molecular formula is C30H33N4O+. The summed E-state index contributed by atoms with van der Waals surface area (Å²) in [6.45, 7) is 14.9. The second kappa shape index (κ2) is 7.98. The van der Waals surface area contributed by atoms with E-state index in [2.05, 4.69) is 103 Å². The fraction of sp³-hybridized carbons (Fsp3) is 0.333. The first-order chi connectivity index (χ1) is 16.4. The molecular weight excluding hydrogens is 432 g/mol. The molecule has 0 amide bonds. The lowest BCUT2D eigenvalue weighted by Crippen LogP contribution is -2.30. The minimum absolute atomic E-state index is 0.203. The molecule has 0 bridgehead atoms. The lowest BCUT2D eigenvalue weighted by molar-refractivity contribution is -0.660. The normalized spacial score (nSPS) is 12.6. The molecule has 35 heavy (non-hydrogen) atoms. The minimum atomic E-state index is -0.203. The van der Waals surface area contributed by atoms with Crippen molar-refractivity contribution in [2.24, 2.45) is 7.05 Å². The highest BCUT2D eigenvalue weighted by Crippen LogP contribution is 2.40. The fourth-order valence-electron chi connectivity index (χ4n) is 4.41. The van der Waals surface area contributed by atoms with Gasteiger partial charge in [-0.2, -0.15) is 0 Å². The second-order valence-corrected chi connectivity index (χ2v) is 11.4. The summed E-state index contributed by atoms with van der Waals surface area (Å²) >= 11 is 0. The van der Waals surface area contributed by atoms with Crippen LogP contribution in [0.2, 0.25) is 0 Å². The number of benzene rings is 2. The van der Waals surface area contributed by atoms with Crippen LogP contribution in [0.3, 0.4) is 0 Å². The van der Waals surface area contributed by atoms with Gasteiger partial charge in [0.15, 0.2) is 12.0 Å². The molecule has 3 heterocycles. The number of pyridine rings is 1. The predicted molar refractivity (Wildman–Crippen MR) is 141 cm³/mol. The summed E-state index contributed by atoms with van der Waals surface area (Å²) < 4.78 is 8.83. The average molecular weight is 466 g/mol. The van der Waals surface area contributed by atoms with Crippen molar-refractivity contribution < 1.29 is 8.98 Å². The summed E-state index contributed by atoms with van der Waals surface area (Å²) in [5, 5.41) is 2.15. The van der Waals surface area contributed by atoms with Gasteiger partial charge in [0.2, 0.25) is 5.69 Å². The third kappa shape index (κ3) is 3.99. The summed E-state index contributed by atoms with van der Waals surface area (Å²) in [6, 6.07) is 16.8. The number of fused-ring (bicyclic) bond motifs is 3. The molecule has 0 saturated heterocycles. The zero-order chi connectivity index (χ0) is 25.1. The van der Waals surface area contributed by atoms with E-state index >= 15 is 0 Å². The highest BCUT2D eigenvalue weighted by Gasteiger charge is 2.27. The highest BCUT2D eigenvalue weighted by atomic mass is 16.3. The first kappa shape index (κ1) is 23.2. The molecule has 0 aliphatic heterocycles. The van der Waals surface area contributed by atoms with Crippen LogP contribution in [0.5, 0.6) is 0 Å². The van der Waals surface area contributed by atoms with Gasteiger partial charge in [-0.3, -0.25) is 0 Å². The molecule has 178 valence electrons. The van der Waals surface area contributed by atoms with Crippen LogP contribution >= 0.6 is 0 Å². The lowest BCUT2D eigenvalue weighted by Gasteiger charge is -2.22. The number of furan rings is 1. The minimum Gasteiger partial charge on any atom is -0.454 e. The van der Waals surface area contributed by atoms with Crippen molar-refractivity contribution >= 4 is 21.9 Å². The van der Waals surface area contributed by atoms with Gasteiger partial charge in [0, 0.05) is 33.7 Å². The van der Waals surface area contributed by atoms with Gasteiger partial charge in [-0.1, -0.05) is 65.8 Å². The van der Waals surface area contributed by atoms with E-state index in [1.54, 1.807) is 0 Å². The Bertz CT molecular complexity index is 1550. The van der Waals surface area contributed by atoms with Crippen molar-refractivity contribution in [3.8, 4) is 22.6 Å². The van der Waals surface area contributed by atoms with Crippen LogP contribution in [0.4, 0.5) is 0 Å². The first-order valence-corrected chi connectivity index (χ1v) is 12.1. The molecule has 0 unspecified atom stereocenters. The van der Waals surface area contributed by atoms with E-state index in [0.29, 0.717) is 5.82 Å². The Kier molecular flexibility index (Phi) is 5.28. The molecule has 5 heteroatoms. The summed E-state index contributed by atoms with van der Waals surface area (Å²) in [7, 11) is 2.06. The van der Waals surface area contributed by atoms with E-state index in [0.717, 1.165) is 50.4 Å². The molecule has 0 atom stereocenters. The topological polar surface area (TPSA) is 55.7 Å². The predicted octanol–water partition coefficient (Wildman–Crippen LogP) is 6.83. The standard InChI is InChI=1S/C30H33N4O/c1-18-15-16-20-19-12-11-13-21(24(19)35-25(20)23(18)22-14-9-10-17-34(22)8)26-31-27(29(2,3)4)33-28(32-26)30(5,6)7/h9-17H,1-8H3/q+1. The summed E-state index contributed by atoms with van der Waals surface area (Å²) in [4.78, 5) is 14.7. The Hall–Kier alpha value is -3.60. The molecule has 0 aliphatic carbocycles. The molecule has 0 N–H and O–H groups in total. The second-order valence-electron chi connectivity index (χ2n) is 11.4. The monoisotopic (exact) mass is 465 g/mol. The van der Waals surface area contributed by atoms with Crippen molar-refractivity contribution in [2.75, 3.05) is 0 Å². The third-order valence-corrected chi connectivity index (χ3v) is 6.40. The number of para-hydroxylation sites is 1. The smallest absolute Gasteiger partial charge is 0.216 e. The van der Waals surface area contributed by atoms with Crippen molar-refractivity contribution in [3.63, 3.8) is 0 Å². The Morgan fingerprint density at radius 3 is 2.00 bits per heavy atom. The SMILES string of the molecule is Cc1ccc2c(oc3c(-c4nc(C(C)(C)C)nc(C(C)(C)C)n4)cccc32)c1-c1cccc[n+]1C. The number of nitrogens with zero attached hydrogens (tertiary/aromatic N) is 4. The molecule has 5 rings (SSSR count). The molecule has 5 nitrogen and oxygen atoms in total. The van der Waals surface area contributed by atoms with E-state index in [1.807, 2.05) is 12.1 Å². The highest BCUT2D eigenvalue weighted by molar-refractivity contribution is 6.12. The van der Waals surface area contributed by atoms with Crippen molar-refractivity contribution in [1.82, 2.24) is 15.0 Å². The maximum atomic E-state index is 6.70. The van der Waals surface area contributed by atoms with E-state index in [9.17, 15) is 0 Å². The van der Waals surface area contributed by atoms with E-state index in [-0.39, 0.29) is 10.8 Å². The maximum Gasteiger partial charge on any atom is 0.216 e. The number of hydrogen-bond donors (Lipinski definition) is 0. The van der Waals surface area contributed by atoms with Gasteiger partial charge in [0.05, 0.1) is 11.1 Å². The van der Waals surface area contributed by atoms with Crippen molar-refractivity contribution in [1.29, 1.82) is 0 Å². The molecule has 0 radical (unpaired) electrons. The van der Waals surface area contributed by atoms with Crippen LogP contribution < -0.4 is 4.57 Å². The van der Waals surface area contributed by atoms with Crippen LogP contribution in [0.15, 0.2) is 59.1 Å². The Labute approximate surface area is 206 Å². The van der Waals surface area contributed by atoms with Gasteiger partial charge >= 0.3 is 0 Å². The first-order valence-electron chi connectivity index (χ1n) is 12.1. The number of rotatable bonds is 2. The number of hydrogen-bond acceptors (Lipinski definition) is 4. The Morgan fingerprint density at radius 2 is 1.37 bits per heavy atom. The maximum absolute atomic E-state index is 6.70. The van der Waals surface area contributed by atoms with Crippen molar-refractivity contribution in [2.45, 2.75) is 59.3 Å². The van der Waals surface area contributed by atoms with Gasteiger partial charge < -0.3 is 4.42 Å². The molecule has 2 aromatic carbocycles. The van der Waals surface area contributed by atoms with E-state index in [1.165, 1.54) is 5.56 Å². The molecule has 0 spiro atoms. The van der Waals surface area contributed by atoms with Gasteiger partial charge in [-0.25, -0.2) is 19.5 Å². The Morgan fingerprint density at radius 1 is 0.714 bits per heavy atom. The van der Waals surface area contributed by atoms with Gasteiger partial charge in [0.1, 0.15) is 29.9 Å². The molecule has 3 aromatic heterocycles. The quantitative estimate of drug-likeness (QED) is 0.268. The van der Waals surface area contributed by atoms with Crippen LogP contribution in [0.1, 0.15) is 58.8 Å². The van der Waals surface area contributed by atoms with E-state index < -0.39 is 0 Å². The molecule has 0 saturated carbocycles. The van der Waals surface area contributed by atoms with Crippen LogP contribution in [-0.2, 0) is 17.9 Å². The lowest BCUT2D eigenvalue weighted by atomic mass is 9.93. The van der Waals surface area contributed by atoms with E-state index in [4.69, 9.17) is 19.4 Å². The Balaban J connectivity index is 1.84. The zero-order valence-electron chi connectivity index (χ0n) is 21.9. The van der Waals surface area contributed by atoms with Gasteiger partial charge in [-0.15, -0.1) is 0 Å². The van der Waals surface area contributed by atoms with Crippen LogP contribution in [0.25, 0.3) is 44.6 Å². The molecule has 0 aliphatic rings. The van der Waals surface area contributed by atoms with Gasteiger partial charge in [-0.05, 0) is 24.6 Å². The average Bonchev–Trinajstić information content (AvgIpc) is 3.17. The number of aromatic nitrogens is 4. The molecule has 5 aromatic rings. The summed E-state index contributed by atoms with van der Waals surface area (Å²) in [6.07, 6.45) is 2.06. The van der Waals surface area contributed by atoms with Crippen LogP contribution in [0, 0.1) is 6.92 Å². The fourth-order valence-corrected chi connectivity index (χ4v) is 4.41. The van der Waals surface area contributed by atoms with Crippen molar-refractivity contribution in [3.05, 3.63) is 71.9 Å². The largest absolute Gasteiger partial charge is 0.454 e. The zero-order valence-corrected chi connectivity index (χ0v) is 21.9. The number of aryl methyl sites for hydroxylation is 2. The van der Waals surface area contributed by atoms with Crippen LogP contribution in [-0.4, -0.2) is 15.0 Å². The third-order valence-electron chi connectivity index (χ3n) is 6.40. The summed E-state index contributed by atoms with van der Waals surface area (Å²) in [5.74, 6) is 2.23. The summed E-state index contributed by atoms with van der Waals surface area (Å²) in [5.41, 5.74) is 5.56.